The van der Waals surface area contributed by atoms with Crippen molar-refractivity contribution in [3.8, 4) is 23.0 Å². The third kappa shape index (κ3) is 2.71. The van der Waals surface area contributed by atoms with Gasteiger partial charge in [-0.15, -0.1) is 0 Å². The molecule has 0 bridgehead atoms. The fourth-order valence-electron chi connectivity index (χ4n) is 2.08. The largest absolute Gasteiger partial charge is 0.465 e. The Morgan fingerprint density at radius 3 is 2.82 bits per heavy atom. The molecule has 0 radical (unpaired) electrons. The van der Waals surface area contributed by atoms with Crippen molar-refractivity contribution < 1.29 is 14.1 Å². The Morgan fingerprint density at radius 1 is 1.23 bits per heavy atom. The van der Waals surface area contributed by atoms with Gasteiger partial charge in [0.2, 0.25) is 5.82 Å². The zero-order valence-corrected chi connectivity index (χ0v) is 12.1. The van der Waals surface area contributed by atoms with Crippen molar-refractivity contribution in [2.75, 3.05) is 7.11 Å². The fraction of sp³-hybridized carbons (Fsp3) is 0.125. The van der Waals surface area contributed by atoms with Gasteiger partial charge < -0.3 is 9.26 Å². The number of pyridine rings is 1. The first-order chi connectivity index (χ1) is 10.7. The molecule has 0 N–H and O–H groups in total. The van der Waals surface area contributed by atoms with E-state index in [2.05, 4.69) is 15.1 Å². The molecule has 0 aliphatic heterocycles. The first kappa shape index (κ1) is 13.9. The fourth-order valence-corrected chi connectivity index (χ4v) is 2.08. The zero-order chi connectivity index (χ0) is 15.5. The summed E-state index contributed by atoms with van der Waals surface area (Å²) >= 11 is 0. The van der Waals surface area contributed by atoms with Gasteiger partial charge in [0, 0.05) is 11.8 Å². The van der Waals surface area contributed by atoms with Crippen LogP contribution in [0.3, 0.4) is 0 Å². The molecule has 0 amide bonds. The molecule has 22 heavy (non-hydrogen) atoms. The summed E-state index contributed by atoms with van der Waals surface area (Å²) < 4.78 is 10.0. The van der Waals surface area contributed by atoms with Gasteiger partial charge in [-0.3, -0.25) is 4.98 Å². The molecule has 0 atom stereocenters. The average Bonchev–Trinajstić information content (AvgIpc) is 3.04. The van der Waals surface area contributed by atoms with Crippen molar-refractivity contribution in [2.24, 2.45) is 0 Å². The lowest BCUT2D eigenvalue weighted by Gasteiger charge is -2.03. The van der Waals surface area contributed by atoms with Crippen molar-refractivity contribution in [1.82, 2.24) is 15.1 Å². The van der Waals surface area contributed by atoms with E-state index >= 15 is 0 Å². The number of hydrogen-bond acceptors (Lipinski definition) is 6. The van der Waals surface area contributed by atoms with Crippen LogP contribution in [0.1, 0.15) is 15.9 Å². The molecule has 2 heterocycles. The maximum Gasteiger partial charge on any atom is 0.337 e. The number of aromatic nitrogens is 3. The quantitative estimate of drug-likeness (QED) is 0.691. The summed E-state index contributed by atoms with van der Waals surface area (Å²) in [5, 5.41) is 3.92. The number of carbonyl (C=O) groups is 1. The Hall–Kier alpha value is -3.02. The molecule has 0 aliphatic carbocycles. The van der Waals surface area contributed by atoms with Crippen molar-refractivity contribution >= 4 is 5.97 Å². The summed E-state index contributed by atoms with van der Waals surface area (Å²) in [5.41, 5.74) is 2.62. The third-order valence-corrected chi connectivity index (χ3v) is 3.07. The first-order valence-corrected chi connectivity index (χ1v) is 6.63. The molecule has 0 fully saturated rings. The van der Waals surface area contributed by atoms with E-state index in [0.717, 1.165) is 5.56 Å². The van der Waals surface area contributed by atoms with Crippen LogP contribution >= 0.6 is 0 Å². The number of rotatable bonds is 3. The van der Waals surface area contributed by atoms with Gasteiger partial charge in [-0.1, -0.05) is 11.2 Å². The minimum atomic E-state index is -0.408. The lowest BCUT2D eigenvalue weighted by atomic mass is 10.1. The van der Waals surface area contributed by atoms with E-state index in [9.17, 15) is 4.79 Å². The van der Waals surface area contributed by atoms with Gasteiger partial charge in [-0.2, -0.15) is 4.98 Å². The van der Waals surface area contributed by atoms with Crippen LogP contribution in [0.2, 0.25) is 0 Å². The Kier molecular flexibility index (Phi) is 3.65. The van der Waals surface area contributed by atoms with Crippen molar-refractivity contribution in [3.05, 3.63) is 53.7 Å². The molecule has 0 aliphatic rings. The highest BCUT2D eigenvalue weighted by Crippen LogP contribution is 2.23. The number of ether oxygens (including phenoxy) is 1. The van der Waals surface area contributed by atoms with E-state index in [1.54, 1.807) is 24.4 Å². The first-order valence-electron chi connectivity index (χ1n) is 6.63. The number of carbonyl (C=O) groups excluding carboxylic acids is 1. The Balaban J connectivity index is 2.00. The van der Waals surface area contributed by atoms with Crippen LogP contribution in [-0.2, 0) is 4.74 Å². The number of hydrogen-bond donors (Lipinski definition) is 0. The molecule has 3 aromatic rings. The zero-order valence-electron chi connectivity index (χ0n) is 12.1. The summed E-state index contributed by atoms with van der Waals surface area (Å²) in [5.74, 6) is 0.320. The molecule has 2 aromatic heterocycles. The monoisotopic (exact) mass is 295 g/mol. The second-order valence-corrected chi connectivity index (χ2v) is 4.72. The van der Waals surface area contributed by atoms with E-state index in [1.165, 1.54) is 7.11 Å². The molecular weight excluding hydrogens is 282 g/mol. The second kappa shape index (κ2) is 5.77. The SMILES string of the molecule is COC(=O)c1cc(C)cc(-c2nc(-c3ccccn3)no2)c1. The van der Waals surface area contributed by atoms with Crippen LogP contribution in [0.4, 0.5) is 0 Å². The van der Waals surface area contributed by atoms with Gasteiger partial charge in [-0.25, -0.2) is 4.79 Å². The van der Waals surface area contributed by atoms with E-state index < -0.39 is 5.97 Å². The number of methoxy groups -OCH3 is 1. The summed E-state index contributed by atoms with van der Waals surface area (Å²) in [6.07, 6.45) is 1.66. The Morgan fingerprint density at radius 2 is 2.09 bits per heavy atom. The molecule has 110 valence electrons. The molecule has 1 aromatic carbocycles. The molecule has 0 unspecified atom stereocenters. The summed E-state index contributed by atoms with van der Waals surface area (Å²) in [6, 6.07) is 10.7. The number of benzene rings is 1. The standard InChI is InChI=1S/C16H13N3O3/c1-10-7-11(9-12(8-10)16(20)21-2)15-18-14(19-22-15)13-5-3-4-6-17-13/h3-9H,1-2H3. The lowest BCUT2D eigenvalue weighted by Crippen LogP contribution is -2.01. The Labute approximate surface area is 126 Å². The van der Waals surface area contributed by atoms with Gasteiger partial charge in [-0.05, 0) is 42.8 Å². The smallest absolute Gasteiger partial charge is 0.337 e. The molecule has 6 nitrogen and oxygen atoms in total. The van der Waals surface area contributed by atoms with Gasteiger partial charge in [0.1, 0.15) is 5.69 Å². The molecule has 0 saturated carbocycles. The predicted molar refractivity (Wildman–Crippen MR) is 79.0 cm³/mol. The van der Waals surface area contributed by atoms with Crippen molar-refractivity contribution in [3.63, 3.8) is 0 Å². The second-order valence-electron chi connectivity index (χ2n) is 4.72. The highest BCUT2D eigenvalue weighted by atomic mass is 16.5. The van der Waals surface area contributed by atoms with Crippen LogP contribution in [0.5, 0.6) is 0 Å². The maximum absolute atomic E-state index is 11.7. The lowest BCUT2D eigenvalue weighted by molar-refractivity contribution is 0.0600. The van der Waals surface area contributed by atoms with Crippen LogP contribution in [0, 0.1) is 6.92 Å². The minimum absolute atomic E-state index is 0.328. The van der Waals surface area contributed by atoms with Crippen LogP contribution in [0.15, 0.2) is 47.1 Å². The predicted octanol–water partition coefficient (Wildman–Crippen LogP) is 2.89. The molecule has 3 rings (SSSR count). The number of esters is 1. The van der Waals surface area contributed by atoms with Gasteiger partial charge in [0.25, 0.3) is 5.89 Å². The van der Waals surface area contributed by atoms with Crippen LogP contribution < -0.4 is 0 Å². The highest BCUT2D eigenvalue weighted by Gasteiger charge is 2.14. The van der Waals surface area contributed by atoms with Crippen LogP contribution in [0.25, 0.3) is 23.0 Å². The molecular formula is C16H13N3O3. The molecule has 0 saturated heterocycles. The van der Waals surface area contributed by atoms with Gasteiger partial charge >= 0.3 is 5.97 Å². The molecule has 0 spiro atoms. The Bertz CT molecular complexity index is 813. The topological polar surface area (TPSA) is 78.1 Å². The van der Waals surface area contributed by atoms with Gasteiger partial charge in [0.15, 0.2) is 0 Å². The molecule has 6 heteroatoms. The number of aryl methyl sites for hydroxylation is 1. The average molecular weight is 295 g/mol. The minimum Gasteiger partial charge on any atom is -0.465 e. The summed E-state index contributed by atoms with van der Waals surface area (Å²) in [6.45, 7) is 1.88. The van der Waals surface area contributed by atoms with Crippen LogP contribution in [-0.4, -0.2) is 28.2 Å². The van der Waals surface area contributed by atoms with E-state index in [-0.39, 0.29) is 0 Å². The van der Waals surface area contributed by atoms with E-state index in [1.807, 2.05) is 25.1 Å². The highest BCUT2D eigenvalue weighted by molar-refractivity contribution is 5.91. The van der Waals surface area contributed by atoms with Crippen molar-refractivity contribution in [2.45, 2.75) is 6.92 Å². The van der Waals surface area contributed by atoms with Gasteiger partial charge in [0.05, 0.1) is 12.7 Å². The van der Waals surface area contributed by atoms with E-state index in [0.29, 0.717) is 28.5 Å². The van der Waals surface area contributed by atoms with Crippen molar-refractivity contribution in [1.29, 1.82) is 0 Å². The third-order valence-electron chi connectivity index (χ3n) is 3.07. The normalized spacial score (nSPS) is 10.5. The number of nitrogens with zero attached hydrogens (tertiary/aromatic N) is 3. The maximum atomic E-state index is 11.7. The summed E-state index contributed by atoms with van der Waals surface area (Å²) in [7, 11) is 1.34. The van der Waals surface area contributed by atoms with E-state index in [4.69, 9.17) is 9.26 Å². The summed E-state index contributed by atoms with van der Waals surface area (Å²) in [4.78, 5) is 20.2.